The van der Waals surface area contributed by atoms with Crippen molar-refractivity contribution in [3.05, 3.63) is 78.5 Å². The number of alkyl carbamates (subject to hydrolysis) is 2. The summed E-state index contributed by atoms with van der Waals surface area (Å²) < 4.78 is 21.5. The first-order chi connectivity index (χ1) is 30.6. The second-order valence-corrected chi connectivity index (χ2v) is 17.4. The molecule has 0 fully saturated rings. The van der Waals surface area contributed by atoms with Crippen LogP contribution in [-0.4, -0.2) is 107 Å². The van der Waals surface area contributed by atoms with Gasteiger partial charge < -0.3 is 49.3 Å². The maximum atomic E-state index is 14.2. The molecule has 0 spiro atoms. The number of nitrogens with one attached hydrogen (secondary N) is 4. The summed E-state index contributed by atoms with van der Waals surface area (Å²) in [5.74, 6) is 1.12. The lowest BCUT2D eigenvalue weighted by Crippen LogP contribution is -2.53. The van der Waals surface area contributed by atoms with Gasteiger partial charge in [0.2, 0.25) is 11.8 Å². The Morgan fingerprint density at radius 3 is 2.19 bits per heavy atom. The first-order valence-corrected chi connectivity index (χ1v) is 21.7. The summed E-state index contributed by atoms with van der Waals surface area (Å²) in [6.45, 7) is 19.1. The maximum Gasteiger partial charge on any atom is 0.407 e. The number of amides is 4. The number of imidazole rings is 2. The Hall–Kier alpha value is -6.42. The van der Waals surface area contributed by atoms with Gasteiger partial charge in [-0.25, -0.2) is 19.6 Å². The van der Waals surface area contributed by atoms with Crippen molar-refractivity contribution in [2.75, 3.05) is 41.0 Å². The van der Waals surface area contributed by atoms with Crippen LogP contribution in [0.15, 0.2) is 61.3 Å². The first kappa shape index (κ1) is 47.1. The Kier molecular flexibility index (Phi) is 15.0. The van der Waals surface area contributed by atoms with E-state index in [0.717, 1.165) is 55.5 Å². The SMILES string of the molecule is C=C[C@H](C)CN(Cc1ncc(-c2ccc3c(c2)COc2cc4c(ccc5[nH]c([C@H](C)N(C[C@H](C)COC)C(=O)[C@@H](NC(=O)OC)C(C)C)nc54)cc2-3)[nH]1)C(=O)[C@@H](NC(=O)OC)C(C)C. The molecule has 4 amide bonds. The third kappa shape index (κ3) is 10.3. The summed E-state index contributed by atoms with van der Waals surface area (Å²) in [4.78, 5) is 72.4. The largest absolute Gasteiger partial charge is 0.488 e. The Morgan fingerprint density at radius 1 is 0.859 bits per heavy atom. The van der Waals surface area contributed by atoms with Crippen LogP contribution in [0.4, 0.5) is 9.59 Å². The predicted molar refractivity (Wildman–Crippen MR) is 245 cm³/mol. The van der Waals surface area contributed by atoms with E-state index in [1.165, 1.54) is 14.2 Å². The van der Waals surface area contributed by atoms with Crippen LogP contribution in [0.1, 0.15) is 71.7 Å². The van der Waals surface area contributed by atoms with Crippen molar-refractivity contribution >= 4 is 45.8 Å². The number of nitrogens with zero attached hydrogens (tertiary/aromatic N) is 4. The van der Waals surface area contributed by atoms with E-state index in [0.29, 0.717) is 38.0 Å². The molecular formula is C48H62N8O8. The molecule has 64 heavy (non-hydrogen) atoms. The van der Waals surface area contributed by atoms with E-state index < -0.39 is 30.3 Å². The Labute approximate surface area is 374 Å². The van der Waals surface area contributed by atoms with Crippen LogP contribution < -0.4 is 15.4 Å². The Bertz CT molecular complexity index is 2490. The fourth-order valence-electron chi connectivity index (χ4n) is 8.13. The molecule has 0 saturated heterocycles. The standard InChI is InChI=1S/C48H62N8O8/c1-12-28(6)21-55(45(57)41(26(2)3)53-47(59)62-10)23-40-49-20-38(50-40)32-13-15-34-33(17-32)25-64-39-19-35-31(18-36(34)39)14-16-37-43(35)52-44(51-37)30(8)56(22-29(7)24-61-9)46(58)42(27(4)5)54-48(60)63-11/h12-20,26-30,41-42H,1,21-25H2,2-11H3,(H,49,50)(H,51,52)(H,53,59)(H,54,60)/t28-,29-,30-,41-,42-/m0/s1. The maximum absolute atomic E-state index is 14.2. The Balaban J connectivity index is 1.26. The smallest absolute Gasteiger partial charge is 0.407 e. The summed E-state index contributed by atoms with van der Waals surface area (Å²) in [6, 6.07) is 12.4. The molecule has 4 N–H and O–H groups in total. The zero-order valence-corrected chi connectivity index (χ0v) is 38.5. The number of H-pyrrole nitrogens is 2. The topological polar surface area (TPSA) is 193 Å². The van der Waals surface area contributed by atoms with Crippen molar-refractivity contribution in [1.82, 2.24) is 40.4 Å². The molecule has 3 heterocycles. The summed E-state index contributed by atoms with van der Waals surface area (Å²) in [7, 11) is 4.18. The molecule has 3 aromatic carbocycles. The van der Waals surface area contributed by atoms with Crippen LogP contribution in [0, 0.1) is 23.7 Å². The number of methoxy groups -OCH3 is 3. The number of hydrogen-bond acceptors (Lipinski definition) is 10. The number of rotatable bonds is 18. The van der Waals surface area contributed by atoms with E-state index >= 15 is 0 Å². The molecule has 1 aliphatic rings. The van der Waals surface area contributed by atoms with Gasteiger partial charge in [0.05, 0.1) is 56.3 Å². The lowest BCUT2D eigenvalue weighted by Gasteiger charge is -2.34. The van der Waals surface area contributed by atoms with Crippen molar-refractivity contribution in [1.29, 1.82) is 0 Å². The van der Waals surface area contributed by atoms with Gasteiger partial charge in [-0.05, 0) is 76.9 Å². The molecular weight excluding hydrogens is 817 g/mol. The third-order valence-corrected chi connectivity index (χ3v) is 11.8. The van der Waals surface area contributed by atoms with Gasteiger partial charge >= 0.3 is 12.2 Å². The normalized spacial score (nSPS) is 14.4. The van der Waals surface area contributed by atoms with Crippen molar-refractivity contribution in [2.45, 2.75) is 79.7 Å². The van der Waals surface area contributed by atoms with Gasteiger partial charge in [-0.15, -0.1) is 6.58 Å². The fourth-order valence-corrected chi connectivity index (χ4v) is 8.13. The highest BCUT2D eigenvalue weighted by molar-refractivity contribution is 6.07. The highest BCUT2D eigenvalue weighted by Crippen LogP contribution is 2.43. The highest BCUT2D eigenvalue weighted by Gasteiger charge is 2.35. The second-order valence-electron chi connectivity index (χ2n) is 17.4. The van der Waals surface area contributed by atoms with Crippen molar-refractivity contribution in [2.24, 2.45) is 23.7 Å². The van der Waals surface area contributed by atoms with Crippen LogP contribution in [0.25, 0.3) is 44.2 Å². The quantitative estimate of drug-likeness (QED) is 0.0633. The highest BCUT2D eigenvalue weighted by atomic mass is 16.5. The molecule has 2 aromatic heterocycles. The van der Waals surface area contributed by atoms with Crippen molar-refractivity contribution in [3.8, 4) is 28.1 Å². The molecule has 16 heteroatoms. The zero-order chi connectivity index (χ0) is 46.4. The summed E-state index contributed by atoms with van der Waals surface area (Å²) >= 11 is 0. The number of carbonyl (C=O) groups excluding carboxylic acids is 4. The molecule has 5 atom stereocenters. The molecule has 0 saturated carbocycles. The molecule has 16 nitrogen and oxygen atoms in total. The van der Waals surface area contributed by atoms with E-state index in [1.807, 2.05) is 66.7 Å². The zero-order valence-electron chi connectivity index (χ0n) is 38.5. The van der Waals surface area contributed by atoms with Gasteiger partial charge in [-0.2, -0.15) is 0 Å². The molecule has 0 bridgehead atoms. The number of fused-ring (bicyclic) bond motifs is 6. The van der Waals surface area contributed by atoms with E-state index in [1.54, 1.807) is 29.2 Å². The summed E-state index contributed by atoms with van der Waals surface area (Å²) in [5, 5.41) is 7.30. The monoisotopic (exact) mass is 878 g/mol. The molecule has 0 radical (unpaired) electrons. The van der Waals surface area contributed by atoms with Gasteiger partial charge in [0.1, 0.15) is 36.1 Å². The molecule has 5 aromatic rings. The van der Waals surface area contributed by atoms with Crippen molar-refractivity contribution in [3.63, 3.8) is 0 Å². The minimum atomic E-state index is -0.805. The first-order valence-electron chi connectivity index (χ1n) is 21.7. The second kappa shape index (κ2) is 20.4. The molecule has 0 unspecified atom stereocenters. The summed E-state index contributed by atoms with van der Waals surface area (Å²) in [5.41, 5.74) is 6.30. The minimum absolute atomic E-state index is 0.00639. The minimum Gasteiger partial charge on any atom is -0.488 e. The van der Waals surface area contributed by atoms with Gasteiger partial charge in [-0.1, -0.05) is 65.8 Å². The van der Waals surface area contributed by atoms with Crippen LogP contribution in [-0.2, 0) is 37.0 Å². The van der Waals surface area contributed by atoms with Gasteiger partial charge in [0, 0.05) is 31.1 Å². The van der Waals surface area contributed by atoms with Crippen LogP contribution in [0.2, 0.25) is 0 Å². The number of carbonyl (C=O) groups is 4. The van der Waals surface area contributed by atoms with Gasteiger partial charge in [0.15, 0.2) is 0 Å². The molecule has 342 valence electrons. The van der Waals surface area contributed by atoms with E-state index in [-0.39, 0.29) is 42.0 Å². The Morgan fingerprint density at radius 2 is 1.55 bits per heavy atom. The third-order valence-electron chi connectivity index (χ3n) is 11.8. The average Bonchev–Trinajstić information content (AvgIpc) is 3.95. The van der Waals surface area contributed by atoms with E-state index in [9.17, 15) is 19.2 Å². The van der Waals surface area contributed by atoms with Crippen LogP contribution in [0.3, 0.4) is 0 Å². The van der Waals surface area contributed by atoms with Gasteiger partial charge in [0.25, 0.3) is 0 Å². The predicted octanol–water partition coefficient (Wildman–Crippen LogP) is 7.75. The van der Waals surface area contributed by atoms with Gasteiger partial charge in [-0.3, -0.25) is 9.59 Å². The van der Waals surface area contributed by atoms with E-state index in [2.05, 4.69) is 56.4 Å². The lowest BCUT2D eigenvalue weighted by atomic mass is 9.92. The average molecular weight is 879 g/mol. The number of aromatic amines is 2. The summed E-state index contributed by atoms with van der Waals surface area (Å²) in [6.07, 6.45) is 2.22. The van der Waals surface area contributed by atoms with Crippen molar-refractivity contribution < 1.29 is 38.1 Å². The van der Waals surface area contributed by atoms with Crippen LogP contribution >= 0.6 is 0 Å². The molecule has 0 aliphatic carbocycles. The van der Waals surface area contributed by atoms with E-state index in [4.69, 9.17) is 23.9 Å². The molecule has 6 rings (SSSR count). The van der Waals surface area contributed by atoms with Crippen LogP contribution in [0.5, 0.6) is 5.75 Å². The number of ether oxygens (including phenoxy) is 4. The lowest BCUT2D eigenvalue weighted by molar-refractivity contribution is -0.138. The molecule has 1 aliphatic heterocycles. The number of aromatic nitrogens is 4. The fraction of sp³-hybridized carbons (Fsp3) is 0.458. The number of hydrogen-bond donors (Lipinski definition) is 4. The number of benzene rings is 3.